The molecule has 1 amide bonds. The molecule has 0 bridgehead atoms. The van der Waals surface area contributed by atoms with Crippen LogP contribution < -0.4 is 15.4 Å². The average Bonchev–Trinajstić information content (AvgIpc) is 2.98. The number of nitrogens with zero attached hydrogens (tertiary/aromatic N) is 2. The van der Waals surface area contributed by atoms with Crippen LogP contribution in [0.25, 0.3) is 0 Å². The molecule has 0 aliphatic carbocycles. The normalized spacial score (nSPS) is 17.5. The van der Waals surface area contributed by atoms with E-state index in [1.807, 2.05) is 30.3 Å². The van der Waals surface area contributed by atoms with Crippen LogP contribution in [0.5, 0.6) is 5.75 Å². The predicted octanol–water partition coefficient (Wildman–Crippen LogP) is 2.49. The Morgan fingerprint density at radius 1 is 1.36 bits per heavy atom. The van der Waals surface area contributed by atoms with Crippen LogP contribution >= 0.6 is 11.6 Å². The molecule has 6 heteroatoms. The molecule has 1 fully saturated rings. The highest BCUT2D eigenvalue weighted by Crippen LogP contribution is 2.28. The number of pyridine rings is 1. The van der Waals surface area contributed by atoms with Gasteiger partial charge in [-0.3, -0.25) is 9.78 Å². The molecule has 2 heterocycles. The minimum atomic E-state index is -0.523. The summed E-state index contributed by atoms with van der Waals surface area (Å²) < 4.78 is 5.95. The number of primary amides is 1. The number of carbonyl (C=O) groups is 1. The van der Waals surface area contributed by atoms with Gasteiger partial charge in [-0.1, -0.05) is 23.7 Å². The van der Waals surface area contributed by atoms with E-state index in [0.29, 0.717) is 10.8 Å². The van der Waals surface area contributed by atoms with Gasteiger partial charge in [0.05, 0.1) is 11.6 Å². The fraction of sp³-hybridized carbons (Fsp3) is 0.250. The topological polar surface area (TPSA) is 68.5 Å². The van der Waals surface area contributed by atoms with Crippen molar-refractivity contribution in [3.05, 3.63) is 53.3 Å². The molecule has 22 heavy (non-hydrogen) atoms. The van der Waals surface area contributed by atoms with Crippen molar-refractivity contribution in [2.75, 3.05) is 18.0 Å². The van der Waals surface area contributed by atoms with E-state index < -0.39 is 5.91 Å². The van der Waals surface area contributed by atoms with Gasteiger partial charge in [-0.05, 0) is 24.3 Å². The zero-order valence-corrected chi connectivity index (χ0v) is 12.7. The van der Waals surface area contributed by atoms with Crippen molar-refractivity contribution in [2.24, 2.45) is 5.73 Å². The summed E-state index contributed by atoms with van der Waals surface area (Å²) in [7, 11) is 0. The second kappa shape index (κ2) is 6.23. The van der Waals surface area contributed by atoms with Crippen molar-refractivity contribution in [2.45, 2.75) is 12.5 Å². The Kier molecular flexibility index (Phi) is 4.15. The number of para-hydroxylation sites is 1. The van der Waals surface area contributed by atoms with Crippen molar-refractivity contribution in [3.8, 4) is 5.75 Å². The number of hydrogen-bond acceptors (Lipinski definition) is 4. The Morgan fingerprint density at radius 3 is 2.95 bits per heavy atom. The summed E-state index contributed by atoms with van der Waals surface area (Å²) >= 11 is 6.11. The first kappa shape index (κ1) is 14.7. The van der Waals surface area contributed by atoms with Gasteiger partial charge in [0.15, 0.2) is 0 Å². The molecule has 5 nitrogen and oxygen atoms in total. The zero-order chi connectivity index (χ0) is 15.5. The van der Waals surface area contributed by atoms with Crippen molar-refractivity contribution in [3.63, 3.8) is 0 Å². The highest BCUT2D eigenvalue weighted by atomic mass is 35.5. The third-order valence-electron chi connectivity index (χ3n) is 3.64. The molecule has 1 aromatic heterocycles. The van der Waals surface area contributed by atoms with Crippen molar-refractivity contribution in [1.82, 2.24) is 4.98 Å². The molecule has 1 aromatic carbocycles. The van der Waals surface area contributed by atoms with Crippen LogP contribution in [-0.2, 0) is 0 Å². The molecule has 1 unspecified atom stereocenters. The van der Waals surface area contributed by atoms with Gasteiger partial charge < -0.3 is 15.4 Å². The first-order chi connectivity index (χ1) is 10.6. The van der Waals surface area contributed by atoms with Crippen molar-refractivity contribution < 1.29 is 9.53 Å². The van der Waals surface area contributed by atoms with E-state index in [4.69, 9.17) is 22.1 Å². The SMILES string of the molecule is NC(=O)c1cc(N2CCC(Oc3ccccc3Cl)C2)ccn1. The molecule has 1 atom stereocenters. The van der Waals surface area contributed by atoms with Gasteiger partial charge in [0, 0.05) is 24.8 Å². The van der Waals surface area contributed by atoms with Crippen LogP contribution in [0.3, 0.4) is 0 Å². The summed E-state index contributed by atoms with van der Waals surface area (Å²) in [6.45, 7) is 1.57. The third-order valence-corrected chi connectivity index (χ3v) is 3.95. The largest absolute Gasteiger partial charge is 0.487 e. The van der Waals surface area contributed by atoms with Crippen LogP contribution in [0, 0.1) is 0 Å². The number of amides is 1. The second-order valence-corrected chi connectivity index (χ2v) is 5.58. The Balaban J connectivity index is 1.69. The number of benzene rings is 1. The van der Waals surface area contributed by atoms with Gasteiger partial charge in [-0.2, -0.15) is 0 Å². The fourth-order valence-electron chi connectivity index (χ4n) is 2.53. The first-order valence-electron chi connectivity index (χ1n) is 7.05. The molecular weight excluding hydrogens is 302 g/mol. The molecule has 114 valence electrons. The molecule has 2 aromatic rings. The molecule has 2 N–H and O–H groups in total. The quantitative estimate of drug-likeness (QED) is 0.940. The number of aromatic nitrogens is 1. The molecule has 1 saturated heterocycles. The van der Waals surface area contributed by atoms with Crippen LogP contribution in [0.4, 0.5) is 5.69 Å². The van der Waals surface area contributed by atoms with Gasteiger partial charge in [0.2, 0.25) is 0 Å². The summed E-state index contributed by atoms with van der Waals surface area (Å²) in [5.41, 5.74) is 6.46. The molecule has 3 rings (SSSR count). The number of hydrogen-bond donors (Lipinski definition) is 1. The van der Waals surface area contributed by atoms with Crippen LogP contribution in [-0.4, -0.2) is 30.1 Å². The van der Waals surface area contributed by atoms with E-state index in [2.05, 4.69) is 9.88 Å². The van der Waals surface area contributed by atoms with E-state index >= 15 is 0 Å². The van der Waals surface area contributed by atoms with Gasteiger partial charge >= 0.3 is 0 Å². The van der Waals surface area contributed by atoms with Crippen LogP contribution in [0.2, 0.25) is 5.02 Å². The molecule has 1 aliphatic heterocycles. The van der Waals surface area contributed by atoms with E-state index in [1.54, 1.807) is 12.3 Å². The summed E-state index contributed by atoms with van der Waals surface area (Å²) in [5.74, 6) is 0.175. The van der Waals surface area contributed by atoms with E-state index in [-0.39, 0.29) is 11.8 Å². The number of rotatable bonds is 4. The standard InChI is InChI=1S/C16H16ClN3O2/c17-13-3-1-2-4-15(13)22-12-6-8-20(10-12)11-5-7-19-14(9-11)16(18)21/h1-5,7,9,12H,6,8,10H2,(H2,18,21). The summed E-state index contributed by atoms with van der Waals surface area (Å²) in [6.07, 6.45) is 2.54. The molecule has 0 radical (unpaired) electrons. The van der Waals surface area contributed by atoms with Crippen LogP contribution in [0.15, 0.2) is 42.6 Å². The smallest absolute Gasteiger partial charge is 0.267 e. The highest BCUT2D eigenvalue weighted by molar-refractivity contribution is 6.32. The number of ether oxygens (including phenoxy) is 1. The Labute approximate surface area is 133 Å². The maximum absolute atomic E-state index is 11.2. The minimum Gasteiger partial charge on any atom is -0.487 e. The lowest BCUT2D eigenvalue weighted by Gasteiger charge is -2.19. The maximum atomic E-state index is 11.2. The minimum absolute atomic E-state index is 0.0603. The molecular formula is C16H16ClN3O2. The number of anilines is 1. The molecule has 1 aliphatic rings. The Morgan fingerprint density at radius 2 is 2.18 bits per heavy atom. The van der Waals surface area contributed by atoms with Gasteiger partial charge in [-0.15, -0.1) is 0 Å². The predicted molar refractivity (Wildman–Crippen MR) is 85.5 cm³/mol. The number of nitrogens with two attached hydrogens (primary N) is 1. The third kappa shape index (κ3) is 3.14. The molecule has 0 saturated carbocycles. The van der Waals surface area contributed by atoms with E-state index in [1.165, 1.54) is 0 Å². The average molecular weight is 318 g/mol. The number of carbonyl (C=O) groups excluding carboxylic acids is 1. The maximum Gasteiger partial charge on any atom is 0.267 e. The van der Waals surface area contributed by atoms with Gasteiger partial charge in [0.25, 0.3) is 5.91 Å². The van der Waals surface area contributed by atoms with E-state index in [9.17, 15) is 4.79 Å². The molecule has 0 spiro atoms. The van der Waals surface area contributed by atoms with Gasteiger partial charge in [-0.25, -0.2) is 0 Å². The lowest BCUT2D eigenvalue weighted by molar-refractivity contribution is 0.0995. The van der Waals surface area contributed by atoms with Crippen molar-refractivity contribution in [1.29, 1.82) is 0 Å². The highest BCUT2D eigenvalue weighted by Gasteiger charge is 2.25. The monoisotopic (exact) mass is 317 g/mol. The van der Waals surface area contributed by atoms with Crippen molar-refractivity contribution >= 4 is 23.2 Å². The summed E-state index contributed by atoms with van der Waals surface area (Å²) in [5, 5.41) is 0.612. The summed E-state index contributed by atoms with van der Waals surface area (Å²) in [6, 6.07) is 11.0. The zero-order valence-electron chi connectivity index (χ0n) is 11.9. The fourth-order valence-corrected chi connectivity index (χ4v) is 2.71. The lowest BCUT2D eigenvalue weighted by Crippen LogP contribution is -2.25. The Bertz CT molecular complexity index is 693. The van der Waals surface area contributed by atoms with Gasteiger partial charge in [0.1, 0.15) is 17.5 Å². The Hall–Kier alpha value is -2.27. The second-order valence-electron chi connectivity index (χ2n) is 5.17. The van der Waals surface area contributed by atoms with E-state index in [0.717, 1.165) is 25.2 Å². The first-order valence-corrected chi connectivity index (χ1v) is 7.43. The lowest BCUT2D eigenvalue weighted by atomic mass is 10.3. The number of halogens is 1. The van der Waals surface area contributed by atoms with Crippen LogP contribution in [0.1, 0.15) is 16.9 Å². The summed E-state index contributed by atoms with van der Waals surface area (Å²) in [4.78, 5) is 17.3.